The minimum atomic E-state index is -0.0231. The summed E-state index contributed by atoms with van der Waals surface area (Å²) in [5.74, 6) is 1.37. The minimum absolute atomic E-state index is 0.0231. The zero-order valence-electron chi connectivity index (χ0n) is 12.8. The smallest absolute Gasteiger partial charge is 0.251 e. The van der Waals surface area contributed by atoms with E-state index >= 15 is 0 Å². The van der Waals surface area contributed by atoms with Gasteiger partial charge in [-0.1, -0.05) is 0 Å². The lowest BCUT2D eigenvalue weighted by atomic mass is 9.94. The molecular weight excluding hydrogens is 280 g/mol. The highest BCUT2D eigenvalue weighted by Crippen LogP contribution is 2.38. The number of rotatable bonds is 3. The Kier molecular flexibility index (Phi) is 3.45. The van der Waals surface area contributed by atoms with E-state index in [1.54, 1.807) is 6.07 Å². The van der Waals surface area contributed by atoms with E-state index in [4.69, 9.17) is 9.47 Å². The molecule has 1 N–H and O–H groups in total. The van der Waals surface area contributed by atoms with Gasteiger partial charge in [-0.15, -0.1) is 0 Å². The van der Waals surface area contributed by atoms with Crippen molar-refractivity contribution in [2.45, 2.75) is 31.2 Å². The van der Waals surface area contributed by atoms with Gasteiger partial charge >= 0.3 is 0 Å². The Bertz CT molecular complexity index is 577. The predicted molar refractivity (Wildman–Crippen MR) is 82.5 cm³/mol. The fourth-order valence-electron chi connectivity index (χ4n) is 4.05. The standard InChI is InChI=1S/C17H22N2O3/c20-16(13-3-4-14-15(11-13)22-10-9-21-14)18-12-17-5-1-7-19(17)8-2-6-17/h3-4,11H,1-2,5-10,12H2,(H,18,20). The molecule has 2 fully saturated rings. The molecule has 0 radical (unpaired) electrons. The number of amides is 1. The molecule has 118 valence electrons. The van der Waals surface area contributed by atoms with Crippen molar-refractivity contribution < 1.29 is 14.3 Å². The fourth-order valence-corrected chi connectivity index (χ4v) is 4.05. The highest BCUT2D eigenvalue weighted by molar-refractivity contribution is 5.95. The van der Waals surface area contributed by atoms with Crippen LogP contribution in [0.3, 0.4) is 0 Å². The SMILES string of the molecule is O=C(NCC12CCCN1CCC2)c1ccc2c(c1)OCCO2. The second-order valence-corrected chi connectivity index (χ2v) is 6.46. The minimum Gasteiger partial charge on any atom is -0.486 e. The molecule has 4 rings (SSSR count). The second kappa shape index (κ2) is 5.47. The summed E-state index contributed by atoms with van der Waals surface area (Å²) in [5, 5.41) is 3.13. The molecule has 3 aliphatic rings. The average Bonchev–Trinajstić information content (AvgIpc) is 3.12. The molecule has 0 bridgehead atoms. The highest BCUT2D eigenvalue weighted by Gasteiger charge is 2.44. The summed E-state index contributed by atoms with van der Waals surface area (Å²) in [6.07, 6.45) is 4.91. The van der Waals surface area contributed by atoms with Crippen LogP contribution in [0.15, 0.2) is 18.2 Å². The van der Waals surface area contributed by atoms with Crippen molar-refractivity contribution in [3.63, 3.8) is 0 Å². The summed E-state index contributed by atoms with van der Waals surface area (Å²) >= 11 is 0. The van der Waals surface area contributed by atoms with Gasteiger partial charge in [-0.25, -0.2) is 0 Å². The Balaban J connectivity index is 1.44. The molecular formula is C17H22N2O3. The van der Waals surface area contributed by atoms with Gasteiger partial charge < -0.3 is 14.8 Å². The van der Waals surface area contributed by atoms with Gasteiger partial charge in [0, 0.05) is 17.6 Å². The Labute approximate surface area is 130 Å². The average molecular weight is 302 g/mol. The van der Waals surface area contributed by atoms with Crippen LogP contribution >= 0.6 is 0 Å². The lowest BCUT2D eigenvalue weighted by molar-refractivity contribution is 0.0918. The third-order valence-corrected chi connectivity index (χ3v) is 5.19. The van der Waals surface area contributed by atoms with Crippen molar-refractivity contribution in [2.75, 3.05) is 32.8 Å². The summed E-state index contributed by atoms with van der Waals surface area (Å²) < 4.78 is 11.0. The Morgan fingerprint density at radius 2 is 1.86 bits per heavy atom. The quantitative estimate of drug-likeness (QED) is 0.925. The molecule has 1 aromatic rings. The highest BCUT2D eigenvalue weighted by atomic mass is 16.6. The monoisotopic (exact) mass is 302 g/mol. The summed E-state index contributed by atoms with van der Waals surface area (Å²) in [5.41, 5.74) is 0.854. The summed E-state index contributed by atoms with van der Waals surface area (Å²) in [4.78, 5) is 15.0. The molecule has 3 aliphatic heterocycles. The first-order chi connectivity index (χ1) is 10.8. The molecule has 0 unspecified atom stereocenters. The maximum Gasteiger partial charge on any atom is 0.251 e. The number of carbonyl (C=O) groups is 1. The van der Waals surface area contributed by atoms with E-state index in [9.17, 15) is 4.79 Å². The van der Waals surface area contributed by atoms with Crippen LogP contribution in [-0.2, 0) is 0 Å². The lowest BCUT2D eigenvalue weighted by Gasteiger charge is -2.32. The normalized spacial score (nSPS) is 22.4. The van der Waals surface area contributed by atoms with Crippen LogP contribution in [0, 0.1) is 0 Å². The summed E-state index contributed by atoms with van der Waals surface area (Å²) in [7, 11) is 0. The molecule has 22 heavy (non-hydrogen) atoms. The third-order valence-electron chi connectivity index (χ3n) is 5.19. The van der Waals surface area contributed by atoms with Crippen LogP contribution in [0.4, 0.5) is 0 Å². The van der Waals surface area contributed by atoms with Crippen LogP contribution in [0.2, 0.25) is 0 Å². The maximum absolute atomic E-state index is 12.4. The van der Waals surface area contributed by atoms with Gasteiger partial charge in [0.1, 0.15) is 13.2 Å². The predicted octanol–water partition coefficient (Wildman–Crippen LogP) is 1.82. The van der Waals surface area contributed by atoms with E-state index in [0.717, 1.165) is 12.3 Å². The van der Waals surface area contributed by atoms with Crippen molar-refractivity contribution >= 4 is 5.91 Å². The second-order valence-electron chi connectivity index (χ2n) is 6.46. The lowest BCUT2D eigenvalue weighted by Crippen LogP contribution is -2.48. The Morgan fingerprint density at radius 1 is 1.14 bits per heavy atom. The number of ether oxygens (including phenoxy) is 2. The first kappa shape index (κ1) is 13.9. The molecule has 0 aliphatic carbocycles. The largest absolute Gasteiger partial charge is 0.486 e. The molecule has 3 heterocycles. The van der Waals surface area contributed by atoms with Crippen molar-refractivity contribution in [2.24, 2.45) is 0 Å². The van der Waals surface area contributed by atoms with Gasteiger partial charge in [-0.3, -0.25) is 9.69 Å². The first-order valence-electron chi connectivity index (χ1n) is 8.20. The van der Waals surface area contributed by atoms with Crippen molar-refractivity contribution in [1.29, 1.82) is 0 Å². The third kappa shape index (κ3) is 2.33. The van der Waals surface area contributed by atoms with E-state index in [0.29, 0.717) is 24.5 Å². The van der Waals surface area contributed by atoms with Crippen LogP contribution in [0.25, 0.3) is 0 Å². The molecule has 5 heteroatoms. The summed E-state index contributed by atoms with van der Waals surface area (Å²) in [6, 6.07) is 5.41. The molecule has 0 spiro atoms. The van der Waals surface area contributed by atoms with E-state index in [1.165, 1.54) is 38.8 Å². The van der Waals surface area contributed by atoms with Crippen molar-refractivity contribution in [3.05, 3.63) is 23.8 Å². The number of benzene rings is 1. The first-order valence-corrected chi connectivity index (χ1v) is 8.20. The van der Waals surface area contributed by atoms with E-state index in [1.807, 2.05) is 12.1 Å². The molecule has 0 saturated carbocycles. The number of nitrogens with zero attached hydrogens (tertiary/aromatic N) is 1. The molecule has 1 aromatic carbocycles. The van der Waals surface area contributed by atoms with Gasteiger partial charge in [0.25, 0.3) is 5.91 Å². The number of nitrogens with one attached hydrogen (secondary N) is 1. The number of fused-ring (bicyclic) bond motifs is 2. The molecule has 1 amide bonds. The zero-order valence-corrected chi connectivity index (χ0v) is 12.8. The Hall–Kier alpha value is -1.75. The van der Waals surface area contributed by atoms with Gasteiger partial charge in [-0.05, 0) is 57.0 Å². The van der Waals surface area contributed by atoms with Crippen LogP contribution < -0.4 is 14.8 Å². The van der Waals surface area contributed by atoms with Gasteiger partial charge in [0.15, 0.2) is 11.5 Å². The molecule has 2 saturated heterocycles. The number of hydrogen-bond donors (Lipinski definition) is 1. The van der Waals surface area contributed by atoms with Crippen LogP contribution in [-0.4, -0.2) is 49.2 Å². The van der Waals surface area contributed by atoms with Gasteiger partial charge in [0.2, 0.25) is 0 Å². The topological polar surface area (TPSA) is 50.8 Å². The van der Waals surface area contributed by atoms with E-state index in [-0.39, 0.29) is 11.4 Å². The molecule has 0 atom stereocenters. The van der Waals surface area contributed by atoms with E-state index < -0.39 is 0 Å². The maximum atomic E-state index is 12.4. The van der Waals surface area contributed by atoms with Crippen LogP contribution in [0.1, 0.15) is 36.0 Å². The van der Waals surface area contributed by atoms with Crippen LogP contribution in [0.5, 0.6) is 11.5 Å². The fraction of sp³-hybridized carbons (Fsp3) is 0.588. The van der Waals surface area contributed by atoms with Gasteiger partial charge in [-0.2, -0.15) is 0 Å². The van der Waals surface area contributed by atoms with Crippen molar-refractivity contribution in [1.82, 2.24) is 10.2 Å². The zero-order chi connectivity index (χ0) is 15.0. The van der Waals surface area contributed by atoms with E-state index in [2.05, 4.69) is 10.2 Å². The molecule has 5 nitrogen and oxygen atoms in total. The number of carbonyl (C=O) groups excluding carboxylic acids is 1. The van der Waals surface area contributed by atoms with Crippen molar-refractivity contribution in [3.8, 4) is 11.5 Å². The summed E-state index contributed by atoms with van der Waals surface area (Å²) in [6.45, 7) is 4.22. The molecule has 0 aromatic heterocycles. The number of hydrogen-bond acceptors (Lipinski definition) is 4. The van der Waals surface area contributed by atoms with Gasteiger partial charge in [0.05, 0.1) is 0 Å². The Morgan fingerprint density at radius 3 is 2.64 bits per heavy atom.